The Bertz CT molecular complexity index is 589. The molecule has 1 aromatic carbocycles. The number of hydrogen-bond donors (Lipinski definition) is 1. The third kappa shape index (κ3) is 1.98. The zero-order chi connectivity index (χ0) is 11.5. The summed E-state index contributed by atoms with van der Waals surface area (Å²) in [5.41, 5.74) is 0.909. The van der Waals surface area contributed by atoms with Crippen molar-refractivity contribution in [2.24, 2.45) is 0 Å². The van der Waals surface area contributed by atoms with E-state index in [1.165, 1.54) is 6.33 Å². The zero-order valence-corrected chi connectivity index (χ0v) is 8.69. The van der Waals surface area contributed by atoms with Crippen LogP contribution in [0, 0.1) is 0 Å². The maximum atomic E-state index is 5.47. The van der Waals surface area contributed by atoms with Crippen molar-refractivity contribution in [1.29, 1.82) is 0 Å². The minimum absolute atomic E-state index is 0.353. The van der Waals surface area contributed by atoms with Crippen LogP contribution in [0.4, 0.5) is 0 Å². The number of aromatic amines is 1. The Labute approximate surface area is 96.1 Å². The number of hydrogen-bond acceptors (Lipinski definition) is 5. The van der Waals surface area contributed by atoms with E-state index >= 15 is 0 Å². The van der Waals surface area contributed by atoms with Gasteiger partial charge in [-0.1, -0.05) is 6.07 Å². The molecule has 0 saturated heterocycles. The zero-order valence-electron chi connectivity index (χ0n) is 8.69. The van der Waals surface area contributed by atoms with Crippen LogP contribution in [0.25, 0.3) is 5.69 Å². The van der Waals surface area contributed by atoms with Gasteiger partial charge in [-0.3, -0.25) is 4.57 Å². The SMILES string of the molecule is c1cc(Oc2ncn[nH]2)cc(-n2cnnc2)c1. The van der Waals surface area contributed by atoms with Crippen LogP contribution in [0.2, 0.25) is 0 Å². The molecule has 0 aliphatic carbocycles. The number of aromatic nitrogens is 6. The van der Waals surface area contributed by atoms with Crippen LogP contribution in [0.1, 0.15) is 0 Å². The van der Waals surface area contributed by atoms with Gasteiger partial charge < -0.3 is 4.74 Å². The number of nitrogens with zero attached hydrogens (tertiary/aromatic N) is 5. The summed E-state index contributed by atoms with van der Waals surface area (Å²) in [4.78, 5) is 3.88. The molecular weight excluding hydrogens is 220 g/mol. The van der Waals surface area contributed by atoms with Crippen molar-refractivity contribution in [2.45, 2.75) is 0 Å². The normalized spacial score (nSPS) is 10.4. The quantitative estimate of drug-likeness (QED) is 0.727. The fourth-order valence-electron chi connectivity index (χ4n) is 1.40. The Morgan fingerprint density at radius 2 is 2.06 bits per heavy atom. The number of ether oxygens (including phenoxy) is 1. The molecule has 3 rings (SSSR count). The predicted octanol–water partition coefficient (Wildman–Crippen LogP) is 1.18. The highest BCUT2D eigenvalue weighted by atomic mass is 16.5. The van der Waals surface area contributed by atoms with E-state index in [1.807, 2.05) is 24.3 Å². The highest BCUT2D eigenvalue weighted by molar-refractivity contribution is 5.39. The molecule has 2 aromatic heterocycles. The Balaban J connectivity index is 1.89. The summed E-state index contributed by atoms with van der Waals surface area (Å²) in [5, 5.41) is 13.8. The summed E-state index contributed by atoms with van der Waals surface area (Å²) in [6, 6.07) is 7.84. The molecule has 0 aliphatic rings. The van der Waals surface area contributed by atoms with Gasteiger partial charge in [0.2, 0.25) is 0 Å². The van der Waals surface area contributed by atoms with Gasteiger partial charge in [-0.05, 0) is 12.1 Å². The van der Waals surface area contributed by atoms with E-state index in [4.69, 9.17) is 4.74 Å². The third-order valence-corrected chi connectivity index (χ3v) is 2.14. The van der Waals surface area contributed by atoms with Gasteiger partial charge in [0.05, 0.1) is 5.69 Å². The van der Waals surface area contributed by atoms with E-state index < -0.39 is 0 Å². The van der Waals surface area contributed by atoms with Gasteiger partial charge in [0.1, 0.15) is 24.7 Å². The first-order chi connectivity index (χ1) is 8.42. The molecule has 17 heavy (non-hydrogen) atoms. The summed E-state index contributed by atoms with van der Waals surface area (Å²) >= 11 is 0. The van der Waals surface area contributed by atoms with E-state index in [0.29, 0.717) is 11.8 Å². The van der Waals surface area contributed by atoms with E-state index in [-0.39, 0.29) is 0 Å². The molecule has 0 bridgehead atoms. The van der Waals surface area contributed by atoms with Crippen molar-refractivity contribution in [3.05, 3.63) is 43.2 Å². The monoisotopic (exact) mass is 228 g/mol. The molecule has 2 heterocycles. The topological polar surface area (TPSA) is 81.5 Å². The maximum absolute atomic E-state index is 5.47. The number of H-pyrrole nitrogens is 1. The summed E-state index contributed by atoms with van der Waals surface area (Å²) in [5.74, 6) is 0.660. The van der Waals surface area contributed by atoms with Crippen LogP contribution in [-0.4, -0.2) is 29.9 Å². The third-order valence-electron chi connectivity index (χ3n) is 2.14. The van der Waals surface area contributed by atoms with Gasteiger partial charge in [0.15, 0.2) is 0 Å². The van der Waals surface area contributed by atoms with Crippen molar-refractivity contribution in [1.82, 2.24) is 29.9 Å². The van der Waals surface area contributed by atoms with E-state index in [0.717, 1.165) is 5.69 Å². The first-order valence-corrected chi connectivity index (χ1v) is 4.90. The Hall–Kier alpha value is -2.70. The molecule has 0 amide bonds. The van der Waals surface area contributed by atoms with Crippen LogP contribution in [0.3, 0.4) is 0 Å². The molecule has 0 aliphatic heterocycles. The Morgan fingerprint density at radius 3 is 2.82 bits per heavy atom. The average Bonchev–Trinajstić information content (AvgIpc) is 3.01. The van der Waals surface area contributed by atoms with Crippen molar-refractivity contribution in [2.75, 3.05) is 0 Å². The second-order valence-electron chi connectivity index (χ2n) is 3.26. The number of benzene rings is 1. The smallest absolute Gasteiger partial charge is 0.317 e. The lowest BCUT2D eigenvalue weighted by molar-refractivity contribution is 0.444. The van der Waals surface area contributed by atoms with Crippen LogP contribution in [0.5, 0.6) is 11.8 Å². The highest BCUT2D eigenvalue weighted by Crippen LogP contribution is 2.20. The summed E-state index contributed by atoms with van der Waals surface area (Å²) in [7, 11) is 0. The second kappa shape index (κ2) is 4.05. The lowest BCUT2D eigenvalue weighted by Gasteiger charge is -2.04. The van der Waals surface area contributed by atoms with E-state index in [9.17, 15) is 0 Å². The number of nitrogens with one attached hydrogen (secondary N) is 1. The second-order valence-corrected chi connectivity index (χ2v) is 3.26. The molecule has 1 N–H and O–H groups in total. The molecule has 0 saturated carbocycles. The van der Waals surface area contributed by atoms with Gasteiger partial charge in [-0.25, -0.2) is 5.10 Å². The van der Waals surface area contributed by atoms with Gasteiger partial charge in [-0.2, -0.15) is 10.1 Å². The predicted molar refractivity (Wildman–Crippen MR) is 57.8 cm³/mol. The summed E-state index contributed by atoms with van der Waals surface area (Å²) in [6.45, 7) is 0. The minimum Gasteiger partial charge on any atom is -0.425 e. The molecule has 0 unspecified atom stereocenters. The minimum atomic E-state index is 0.353. The Morgan fingerprint density at radius 1 is 1.18 bits per heavy atom. The van der Waals surface area contributed by atoms with E-state index in [1.54, 1.807) is 17.2 Å². The van der Waals surface area contributed by atoms with Crippen molar-refractivity contribution < 1.29 is 4.74 Å². The molecule has 0 spiro atoms. The number of rotatable bonds is 3. The van der Waals surface area contributed by atoms with Crippen molar-refractivity contribution >= 4 is 0 Å². The lowest BCUT2D eigenvalue weighted by Crippen LogP contribution is -1.92. The maximum Gasteiger partial charge on any atom is 0.317 e. The average molecular weight is 228 g/mol. The molecule has 0 atom stereocenters. The van der Waals surface area contributed by atoms with Crippen LogP contribution in [0.15, 0.2) is 43.2 Å². The van der Waals surface area contributed by atoms with Gasteiger partial charge in [0, 0.05) is 6.07 Å². The first-order valence-electron chi connectivity index (χ1n) is 4.90. The standard InChI is InChI=1S/C10H8N6O/c1-2-8(16-6-13-14-7-16)4-9(3-1)17-10-11-5-12-15-10/h1-7H,(H,11,12,15). The van der Waals surface area contributed by atoms with Crippen LogP contribution in [-0.2, 0) is 0 Å². The van der Waals surface area contributed by atoms with Crippen molar-refractivity contribution in [3.63, 3.8) is 0 Å². The van der Waals surface area contributed by atoms with Gasteiger partial charge in [-0.15, -0.1) is 10.2 Å². The molecule has 7 heteroatoms. The summed E-state index contributed by atoms with van der Waals surface area (Å²) in [6.07, 6.45) is 4.63. The van der Waals surface area contributed by atoms with Gasteiger partial charge in [0.25, 0.3) is 0 Å². The first kappa shape index (κ1) is 9.52. The fourth-order valence-corrected chi connectivity index (χ4v) is 1.40. The lowest BCUT2D eigenvalue weighted by atomic mass is 10.3. The van der Waals surface area contributed by atoms with E-state index in [2.05, 4.69) is 25.4 Å². The molecule has 84 valence electrons. The fraction of sp³-hybridized carbons (Fsp3) is 0. The van der Waals surface area contributed by atoms with Gasteiger partial charge >= 0.3 is 6.01 Å². The highest BCUT2D eigenvalue weighted by Gasteiger charge is 2.02. The Kier molecular flexibility index (Phi) is 2.27. The van der Waals surface area contributed by atoms with Crippen molar-refractivity contribution in [3.8, 4) is 17.4 Å². The van der Waals surface area contributed by atoms with Crippen LogP contribution < -0.4 is 4.74 Å². The molecule has 3 aromatic rings. The van der Waals surface area contributed by atoms with Crippen LogP contribution >= 0.6 is 0 Å². The molecule has 7 nitrogen and oxygen atoms in total. The molecule has 0 radical (unpaired) electrons. The summed E-state index contributed by atoms with van der Waals surface area (Å²) < 4.78 is 7.26. The molecular formula is C10H8N6O. The largest absolute Gasteiger partial charge is 0.425 e. The molecule has 0 fully saturated rings.